The van der Waals surface area contributed by atoms with Crippen molar-refractivity contribution < 1.29 is 12.8 Å². The SMILES string of the molecule is Cc1ccc(F)c(S(=O)(=O)N2C[C@@H](N(C)C)[C@H](C(C)C)C2)c1. The minimum Gasteiger partial charge on any atom is -0.305 e. The summed E-state index contributed by atoms with van der Waals surface area (Å²) in [5, 5.41) is 0. The van der Waals surface area contributed by atoms with Gasteiger partial charge in [-0.3, -0.25) is 0 Å². The number of likely N-dealkylation sites (N-methyl/N-ethyl adjacent to an activating group) is 1. The first kappa shape index (κ1) is 17.4. The maximum absolute atomic E-state index is 14.0. The Morgan fingerprint density at radius 1 is 1.27 bits per heavy atom. The molecule has 1 saturated heterocycles. The minimum atomic E-state index is -3.79. The van der Waals surface area contributed by atoms with Gasteiger partial charge in [-0.1, -0.05) is 19.9 Å². The molecule has 1 fully saturated rings. The second-order valence-electron chi connectivity index (χ2n) is 6.69. The van der Waals surface area contributed by atoms with Crippen LogP contribution in [0.5, 0.6) is 0 Å². The highest BCUT2D eigenvalue weighted by Gasteiger charge is 2.42. The van der Waals surface area contributed by atoms with Gasteiger partial charge >= 0.3 is 0 Å². The Labute approximate surface area is 133 Å². The molecular weight excluding hydrogens is 303 g/mol. The maximum Gasteiger partial charge on any atom is 0.246 e. The van der Waals surface area contributed by atoms with Crippen LogP contribution < -0.4 is 0 Å². The molecular formula is C16H25FN2O2S. The molecule has 1 aliphatic heterocycles. The molecule has 1 aliphatic rings. The van der Waals surface area contributed by atoms with Crippen molar-refractivity contribution in [1.82, 2.24) is 9.21 Å². The van der Waals surface area contributed by atoms with Crippen molar-refractivity contribution >= 4 is 10.0 Å². The highest BCUT2D eigenvalue weighted by molar-refractivity contribution is 7.89. The molecule has 0 N–H and O–H groups in total. The van der Waals surface area contributed by atoms with Gasteiger partial charge in [0.05, 0.1) is 0 Å². The van der Waals surface area contributed by atoms with Crippen LogP contribution in [0.15, 0.2) is 23.1 Å². The van der Waals surface area contributed by atoms with Crippen LogP contribution in [0.3, 0.4) is 0 Å². The van der Waals surface area contributed by atoms with Crippen molar-refractivity contribution in [3.8, 4) is 0 Å². The molecule has 1 aromatic rings. The van der Waals surface area contributed by atoms with E-state index in [9.17, 15) is 12.8 Å². The fourth-order valence-corrected chi connectivity index (χ4v) is 4.77. The Bertz CT molecular complexity index is 628. The van der Waals surface area contributed by atoms with Crippen LogP contribution in [0.25, 0.3) is 0 Å². The summed E-state index contributed by atoms with van der Waals surface area (Å²) in [4.78, 5) is 1.85. The number of sulfonamides is 1. The normalized spacial score (nSPS) is 23.6. The summed E-state index contributed by atoms with van der Waals surface area (Å²) in [5.74, 6) is -0.0624. The van der Waals surface area contributed by atoms with Gasteiger partial charge in [0.2, 0.25) is 10.0 Å². The van der Waals surface area contributed by atoms with Crippen LogP contribution in [0.4, 0.5) is 4.39 Å². The first-order valence-electron chi connectivity index (χ1n) is 7.57. The van der Waals surface area contributed by atoms with Crippen molar-refractivity contribution in [3.05, 3.63) is 29.6 Å². The van der Waals surface area contributed by atoms with Crippen molar-refractivity contribution in [2.75, 3.05) is 27.2 Å². The summed E-state index contributed by atoms with van der Waals surface area (Å²) in [6.45, 7) is 6.82. The molecule has 4 nitrogen and oxygen atoms in total. The molecule has 0 spiro atoms. The smallest absolute Gasteiger partial charge is 0.246 e. The van der Waals surface area contributed by atoms with Crippen LogP contribution in [0, 0.1) is 24.6 Å². The standard InChI is InChI=1S/C16H25FN2O2S/c1-11(2)13-9-19(10-15(13)18(4)5)22(20,21)16-8-12(3)6-7-14(16)17/h6-8,11,13,15H,9-10H2,1-5H3/t13-,15+/m0/s1. The fourth-order valence-electron chi connectivity index (χ4n) is 3.12. The Hall–Kier alpha value is -0.980. The highest BCUT2D eigenvalue weighted by Crippen LogP contribution is 2.32. The number of hydrogen-bond acceptors (Lipinski definition) is 3. The van der Waals surface area contributed by atoms with E-state index in [0.29, 0.717) is 19.0 Å². The molecule has 2 atom stereocenters. The summed E-state index contributed by atoms with van der Waals surface area (Å²) >= 11 is 0. The molecule has 0 aromatic heterocycles. The monoisotopic (exact) mass is 328 g/mol. The predicted molar refractivity (Wildman–Crippen MR) is 85.7 cm³/mol. The van der Waals surface area contributed by atoms with E-state index < -0.39 is 15.8 Å². The lowest BCUT2D eigenvalue weighted by Gasteiger charge is -2.27. The molecule has 0 bridgehead atoms. The van der Waals surface area contributed by atoms with Crippen molar-refractivity contribution in [2.24, 2.45) is 11.8 Å². The van der Waals surface area contributed by atoms with Gasteiger partial charge in [-0.2, -0.15) is 4.31 Å². The number of nitrogens with zero attached hydrogens (tertiary/aromatic N) is 2. The number of halogens is 1. The highest BCUT2D eigenvalue weighted by atomic mass is 32.2. The van der Waals surface area contributed by atoms with Crippen molar-refractivity contribution in [2.45, 2.75) is 31.7 Å². The second-order valence-corrected chi connectivity index (χ2v) is 8.60. The van der Waals surface area contributed by atoms with E-state index in [-0.39, 0.29) is 16.9 Å². The average molecular weight is 328 g/mol. The quantitative estimate of drug-likeness (QED) is 0.852. The van der Waals surface area contributed by atoms with Gasteiger partial charge in [0.25, 0.3) is 0 Å². The molecule has 124 valence electrons. The van der Waals surface area contributed by atoms with E-state index in [4.69, 9.17) is 0 Å². The zero-order valence-corrected chi connectivity index (χ0v) is 14.7. The van der Waals surface area contributed by atoms with Crippen LogP contribution in [0.1, 0.15) is 19.4 Å². The largest absolute Gasteiger partial charge is 0.305 e. The van der Waals surface area contributed by atoms with Crippen LogP contribution >= 0.6 is 0 Å². The zero-order valence-electron chi connectivity index (χ0n) is 13.9. The van der Waals surface area contributed by atoms with E-state index in [1.54, 1.807) is 13.0 Å². The lowest BCUT2D eigenvalue weighted by Crippen LogP contribution is -2.37. The molecule has 6 heteroatoms. The van der Waals surface area contributed by atoms with Gasteiger partial charge in [-0.05, 0) is 50.6 Å². The topological polar surface area (TPSA) is 40.6 Å². The molecule has 2 rings (SSSR count). The summed E-state index contributed by atoms with van der Waals surface area (Å²) in [7, 11) is 0.130. The van der Waals surface area contributed by atoms with Gasteiger partial charge in [-0.15, -0.1) is 0 Å². The number of hydrogen-bond donors (Lipinski definition) is 0. The third kappa shape index (κ3) is 3.19. The van der Waals surface area contributed by atoms with Crippen molar-refractivity contribution in [3.63, 3.8) is 0 Å². The Kier molecular flexibility index (Phi) is 4.94. The first-order valence-corrected chi connectivity index (χ1v) is 9.01. The number of benzene rings is 1. The van der Waals surface area contributed by atoms with E-state index in [1.807, 2.05) is 14.1 Å². The third-order valence-electron chi connectivity index (χ3n) is 4.52. The Balaban J connectivity index is 2.37. The van der Waals surface area contributed by atoms with Crippen molar-refractivity contribution in [1.29, 1.82) is 0 Å². The van der Waals surface area contributed by atoms with Gasteiger partial charge < -0.3 is 4.90 Å². The van der Waals surface area contributed by atoms with Crippen LogP contribution in [-0.4, -0.2) is 50.8 Å². The average Bonchev–Trinajstić information content (AvgIpc) is 2.87. The van der Waals surface area contributed by atoms with Gasteiger partial charge in [0, 0.05) is 19.1 Å². The summed E-state index contributed by atoms with van der Waals surface area (Å²) in [5.41, 5.74) is 0.740. The minimum absolute atomic E-state index is 0.155. The van der Waals surface area contributed by atoms with Crippen LogP contribution in [-0.2, 0) is 10.0 Å². The zero-order chi connectivity index (χ0) is 16.7. The lowest BCUT2D eigenvalue weighted by atomic mass is 9.91. The molecule has 0 aliphatic carbocycles. The third-order valence-corrected chi connectivity index (χ3v) is 6.37. The Morgan fingerprint density at radius 2 is 1.91 bits per heavy atom. The molecule has 1 aromatic carbocycles. The maximum atomic E-state index is 14.0. The molecule has 22 heavy (non-hydrogen) atoms. The van der Waals surface area contributed by atoms with Crippen LogP contribution in [0.2, 0.25) is 0 Å². The second kappa shape index (κ2) is 6.26. The van der Waals surface area contributed by atoms with E-state index >= 15 is 0 Å². The molecule has 0 radical (unpaired) electrons. The fraction of sp³-hybridized carbons (Fsp3) is 0.625. The van der Waals surface area contributed by atoms with Gasteiger partial charge in [-0.25, -0.2) is 12.8 Å². The van der Waals surface area contributed by atoms with E-state index in [0.717, 1.165) is 5.56 Å². The van der Waals surface area contributed by atoms with E-state index in [1.165, 1.54) is 16.4 Å². The molecule has 0 unspecified atom stereocenters. The first-order chi connectivity index (χ1) is 10.1. The van der Waals surface area contributed by atoms with E-state index in [2.05, 4.69) is 18.7 Å². The van der Waals surface area contributed by atoms with Gasteiger partial charge in [0.15, 0.2) is 0 Å². The number of aryl methyl sites for hydroxylation is 1. The molecule has 1 heterocycles. The Morgan fingerprint density at radius 3 is 2.41 bits per heavy atom. The summed E-state index contributed by atoms with van der Waals surface area (Å²) < 4.78 is 41.1. The van der Waals surface area contributed by atoms with Gasteiger partial charge in [0.1, 0.15) is 10.7 Å². The molecule has 0 amide bonds. The predicted octanol–water partition coefficient (Wildman–Crippen LogP) is 2.34. The summed E-state index contributed by atoms with van der Waals surface area (Å²) in [6.07, 6.45) is 0. The molecule has 0 saturated carbocycles. The lowest BCUT2D eigenvalue weighted by molar-refractivity contribution is 0.216. The number of rotatable bonds is 4. The summed E-state index contributed by atoms with van der Waals surface area (Å²) in [6, 6.07) is 4.38.